The van der Waals surface area contributed by atoms with Crippen molar-refractivity contribution in [1.29, 1.82) is 0 Å². The lowest BCUT2D eigenvalue weighted by Gasteiger charge is -2.31. The zero-order valence-electron chi connectivity index (χ0n) is 12.6. The van der Waals surface area contributed by atoms with E-state index >= 15 is 0 Å². The van der Waals surface area contributed by atoms with Crippen LogP contribution in [-0.2, 0) is 0 Å². The summed E-state index contributed by atoms with van der Waals surface area (Å²) in [6.07, 6.45) is 5.17. The van der Waals surface area contributed by atoms with Crippen LogP contribution in [0, 0.1) is 0 Å². The fraction of sp³-hybridized carbons (Fsp3) is 0.533. The molecule has 1 aliphatic rings. The molecule has 1 aliphatic heterocycles. The van der Waals surface area contributed by atoms with Gasteiger partial charge in [0.05, 0.1) is 6.20 Å². The minimum Gasteiger partial charge on any atom is -0.489 e. The Bertz CT molecular complexity index is 641. The van der Waals surface area contributed by atoms with E-state index in [1.165, 1.54) is 13.0 Å². The number of ether oxygens (including phenoxy) is 1. The first-order valence-electron chi connectivity index (χ1n) is 7.66. The molecule has 0 unspecified atom stereocenters. The van der Waals surface area contributed by atoms with Crippen molar-refractivity contribution in [2.24, 2.45) is 0 Å². The van der Waals surface area contributed by atoms with Gasteiger partial charge in [-0.3, -0.25) is 9.51 Å². The van der Waals surface area contributed by atoms with Gasteiger partial charge in [-0.2, -0.15) is 0 Å². The van der Waals surface area contributed by atoms with Crippen LogP contribution in [0.5, 0.6) is 5.75 Å². The number of aromatic nitrogens is 3. The normalized spacial score (nSPS) is 16.8. The van der Waals surface area contributed by atoms with Crippen LogP contribution in [0.3, 0.4) is 0 Å². The molecule has 7 heteroatoms. The monoisotopic (exact) mass is 304 g/mol. The number of hydrogen-bond acceptors (Lipinski definition) is 6. The van der Waals surface area contributed by atoms with E-state index in [0.29, 0.717) is 11.5 Å². The maximum Gasteiger partial charge on any atom is 0.439 e. The summed E-state index contributed by atoms with van der Waals surface area (Å²) >= 11 is 0. The molecule has 1 saturated heterocycles. The maximum absolute atomic E-state index is 10.9. The number of pyridine rings is 1. The summed E-state index contributed by atoms with van der Waals surface area (Å²) in [7, 11) is 0. The molecule has 3 rings (SSSR count). The molecule has 0 bridgehead atoms. The zero-order valence-corrected chi connectivity index (χ0v) is 12.6. The van der Waals surface area contributed by atoms with E-state index in [0.717, 1.165) is 31.7 Å². The molecule has 7 nitrogen and oxygen atoms in total. The van der Waals surface area contributed by atoms with Crippen LogP contribution >= 0.6 is 0 Å². The summed E-state index contributed by atoms with van der Waals surface area (Å²) in [6, 6.07) is 3.60. The Morgan fingerprint density at radius 1 is 1.41 bits per heavy atom. The average molecular weight is 304 g/mol. The third-order valence-corrected chi connectivity index (χ3v) is 3.80. The Labute approximate surface area is 128 Å². The van der Waals surface area contributed by atoms with E-state index in [2.05, 4.69) is 31.5 Å². The van der Waals surface area contributed by atoms with Crippen LogP contribution in [0.2, 0.25) is 0 Å². The number of hydrogen-bond donors (Lipinski definition) is 1. The second-order valence-electron chi connectivity index (χ2n) is 5.48. The van der Waals surface area contributed by atoms with Crippen molar-refractivity contribution < 1.29 is 9.26 Å². The average Bonchev–Trinajstić information content (AvgIpc) is 2.97. The molecular weight excluding hydrogens is 284 g/mol. The highest BCUT2D eigenvalue weighted by molar-refractivity contribution is 5.48. The second kappa shape index (κ2) is 6.74. The Morgan fingerprint density at radius 3 is 2.82 bits per heavy atom. The van der Waals surface area contributed by atoms with E-state index in [1.54, 1.807) is 12.3 Å². The van der Waals surface area contributed by atoms with Crippen molar-refractivity contribution >= 4 is 0 Å². The lowest BCUT2D eigenvalue weighted by molar-refractivity contribution is 0.100. The largest absolute Gasteiger partial charge is 0.489 e. The van der Waals surface area contributed by atoms with Crippen LogP contribution in [0.1, 0.15) is 26.2 Å². The summed E-state index contributed by atoms with van der Waals surface area (Å²) in [4.78, 5) is 20.1. The predicted molar refractivity (Wildman–Crippen MR) is 80.7 cm³/mol. The molecule has 2 aromatic rings. The molecule has 0 aliphatic carbocycles. The molecule has 1 fully saturated rings. The van der Waals surface area contributed by atoms with Gasteiger partial charge in [-0.15, -0.1) is 0 Å². The lowest BCUT2D eigenvalue weighted by Crippen LogP contribution is -2.38. The van der Waals surface area contributed by atoms with Gasteiger partial charge < -0.3 is 9.64 Å². The maximum atomic E-state index is 10.9. The van der Waals surface area contributed by atoms with Gasteiger partial charge in [-0.25, -0.2) is 9.78 Å². The van der Waals surface area contributed by atoms with Gasteiger partial charge in [0, 0.05) is 13.1 Å². The number of likely N-dealkylation sites (tertiary alicyclic amines) is 1. The van der Waals surface area contributed by atoms with E-state index in [4.69, 9.17) is 4.74 Å². The lowest BCUT2D eigenvalue weighted by atomic mass is 10.1. The van der Waals surface area contributed by atoms with Gasteiger partial charge >= 0.3 is 5.76 Å². The Kier molecular flexibility index (Phi) is 4.53. The highest BCUT2D eigenvalue weighted by Crippen LogP contribution is 2.20. The minimum atomic E-state index is -0.587. The molecule has 0 radical (unpaired) electrons. The molecule has 0 atom stereocenters. The number of H-pyrrole nitrogens is 1. The number of nitrogens with zero attached hydrogens (tertiary/aromatic N) is 3. The van der Waals surface area contributed by atoms with Gasteiger partial charge in [-0.1, -0.05) is 12.1 Å². The molecule has 0 amide bonds. The molecular formula is C15H20N4O3. The predicted octanol–water partition coefficient (Wildman–Crippen LogP) is 1.68. The third kappa shape index (κ3) is 3.54. The Balaban J connectivity index is 1.57. The van der Waals surface area contributed by atoms with Crippen LogP contribution in [0.15, 0.2) is 27.6 Å². The number of nitrogens with one attached hydrogen (secondary N) is 1. The van der Waals surface area contributed by atoms with Crippen LogP contribution in [-0.4, -0.2) is 45.8 Å². The molecule has 0 saturated carbocycles. The van der Waals surface area contributed by atoms with Crippen LogP contribution in [0.4, 0.5) is 0 Å². The first-order chi connectivity index (χ1) is 10.7. The third-order valence-electron chi connectivity index (χ3n) is 3.80. The first kappa shape index (κ1) is 14.8. The van der Waals surface area contributed by atoms with E-state index < -0.39 is 5.76 Å². The molecule has 3 heterocycles. The number of piperidine rings is 1. The van der Waals surface area contributed by atoms with E-state index in [9.17, 15) is 4.79 Å². The fourth-order valence-corrected chi connectivity index (χ4v) is 2.69. The topological polar surface area (TPSA) is 84.2 Å². The molecule has 118 valence electrons. The van der Waals surface area contributed by atoms with Crippen molar-refractivity contribution in [2.75, 3.05) is 19.6 Å². The molecule has 2 aromatic heterocycles. The summed E-state index contributed by atoms with van der Waals surface area (Å²) in [5.41, 5.74) is 0.552. The van der Waals surface area contributed by atoms with Crippen molar-refractivity contribution in [3.05, 3.63) is 28.9 Å². The number of aromatic amines is 1. The second-order valence-corrected chi connectivity index (χ2v) is 5.48. The molecule has 1 N–H and O–H groups in total. The van der Waals surface area contributed by atoms with Gasteiger partial charge in [0.1, 0.15) is 17.5 Å². The van der Waals surface area contributed by atoms with Gasteiger partial charge in [0.2, 0.25) is 5.82 Å². The smallest absolute Gasteiger partial charge is 0.439 e. The van der Waals surface area contributed by atoms with Gasteiger partial charge in [0.25, 0.3) is 0 Å². The van der Waals surface area contributed by atoms with E-state index in [-0.39, 0.29) is 6.10 Å². The van der Waals surface area contributed by atoms with Crippen LogP contribution < -0.4 is 10.5 Å². The molecule has 22 heavy (non-hydrogen) atoms. The Morgan fingerprint density at radius 2 is 2.23 bits per heavy atom. The highest BCUT2D eigenvalue weighted by atomic mass is 16.5. The summed E-state index contributed by atoms with van der Waals surface area (Å²) in [5, 5.41) is 3.61. The quantitative estimate of drug-likeness (QED) is 0.904. The van der Waals surface area contributed by atoms with E-state index in [1.807, 2.05) is 6.07 Å². The SMILES string of the molecule is CCCN1CCC(Oc2ccc(-c3noc(=O)[nH]3)nc2)CC1. The summed E-state index contributed by atoms with van der Waals surface area (Å²) in [6.45, 7) is 5.55. The Hall–Kier alpha value is -2.15. The highest BCUT2D eigenvalue weighted by Gasteiger charge is 2.20. The van der Waals surface area contributed by atoms with Gasteiger partial charge in [0.15, 0.2) is 0 Å². The summed E-state index contributed by atoms with van der Waals surface area (Å²) in [5.74, 6) is 0.476. The molecule has 0 spiro atoms. The van der Waals surface area contributed by atoms with Crippen LogP contribution in [0.25, 0.3) is 11.5 Å². The van der Waals surface area contributed by atoms with Gasteiger partial charge in [-0.05, 0) is 37.9 Å². The first-order valence-corrected chi connectivity index (χ1v) is 7.66. The van der Waals surface area contributed by atoms with Crippen molar-refractivity contribution in [3.63, 3.8) is 0 Å². The number of rotatable bonds is 5. The fourth-order valence-electron chi connectivity index (χ4n) is 2.69. The van der Waals surface area contributed by atoms with Crippen molar-refractivity contribution in [1.82, 2.24) is 20.0 Å². The zero-order chi connectivity index (χ0) is 15.4. The van der Waals surface area contributed by atoms with Crippen molar-refractivity contribution in [2.45, 2.75) is 32.3 Å². The standard InChI is InChI=1S/C15H20N4O3/c1-2-7-19-8-5-11(6-9-19)21-12-3-4-13(16-10-12)14-17-15(20)22-18-14/h3-4,10-11H,2,5-9H2,1H3,(H,17,18,20). The summed E-state index contributed by atoms with van der Waals surface area (Å²) < 4.78 is 10.4. The molecule has 0 aromatic carbocycles. The van der Waals surface area contributed by atoms with Crippen molar-refractivity contribution in [3.8, 4) is 17.3 Å². The minimum absolute atomic E-state index is 0.243.